The lowest BCUT2D eigenvalue weighted by molar-refractivity contribution is 0.0845. The molecule has 100 valence electrons. The van der Waals surface area contributed by atoms with Crippen molar-refractivity contribution in [3.05, 3.63) is 71.3 Å². The van der Waals surface area contributed by atoms with E-state index in [0.29, 0.717) is 12.0 Å². The minimum atomic E-state index is -0.419. The minimum absolute atomic E-state index is 0.0103. The maximum atomic E-state index is 12.4. The van der Waals surface area contributed by atoms with Gasteiger partial charge in [0.1, 0.15) is 0 Å². The molecule has 1 amide bonds. The molecule has 0 radical (unpaired) electrons. The Morgan fingerprint density at radius 2 is 1.70 bits per heavy atom. The van der Waals surface area contributed by atoms with Crippen LogP contribution in [-0.4, -0.2) is 17.7 Å². The fourth-order valence-electron chi connectivity index (χ4n) is 2.57. The Morgan fingerprint density at radius 3 is 2.50 bits per heavy atom. The second-order valence-corrected chi connectivity index (χ2v) is 4.95. The van der Waals surface area contributed by atoms with Gasteiger partial charge in [0.15, 0.2) is 5.78 Å². The molecule has 2 aromatic carbocycles. The summed E-state index contributed by atoms with van der Waals surface area (Å²) in [6.07, 6.45) is 1.48. The first-order chi connectivity index (χ1) is 9.75. The van der Waals surface area contributed by atoms with Crippen LogP contribution >= 0.6 is 0 Å². The first-order valence-electron chi connectivity index (χ1n) is 6.74. The first kappa shape index (κ1) is 12.6. The zero-order valence-corrected chi connectivity index (χ0v) is 11.0. The van der Waals surface area contributed by atoms with E-state index in [4.69, 9.17) is 0 Å². The number of carbonyl (C=O) groups excluding carboxylic acids is 2. The number of Topliss-reactive ketones (excluding diaryl/α,β-unsaturated/α-hetero) is 1. The average Bonchev–Trinajstić information content (AvgIpc) is 2.51. The molecule has 0 bridgehead atoms. The van der Waals surface area contributed by atoms with E-state index in [0.717, 1.165) is 17.5 Å². The Hall–Kier alpha value is -2.42. The third-order valence-electron chi connectivity index (χ3n) is 3.64. The maximum absolute atomic E-state index is 12.4. The van der Waals surface area contributed by atoms with Gasteiger partial charge in [-0.05, 0) is 30.5 Å². The number of hydrogen-bond acceptors (Lipinski definition) is 2. The summed E-state index contributed by atoms with van der Waals surface area (Å²) >= 11 is 0. The van der Waals surface area contributed by atoms with Crippen LogP contribution in [0.1, 0.15) is 32.7 Å². The number of benzene rings is 2. The molecule has 1 atom stereocenters. The van der Waals surface area contributed by atoms with E-state index in [2.05, 4.69) is 5.32 Å². The first-order valence-corrected chi connectivity index (χ1v) is 6.74. The average molecular weight is 265 g/mol. The lowest BCUT2D eigenvalue weighted by atomic mass is 9.87. The Bertz CT molecular complexity index is 649. The van der Waals surface area contributed by atoms with E-state index < -0.39 is 6.04 Å². The van der Waals surface area contributed by atoms with Crippen LogP contribution in [0.5, 0.6) is 0 Å². The van der Waals surface area contributed by atoms with E-state index in [9.17, 15) is 9.59 Å². The highest BCUT2D eigenvalue weighted by Gasteiger charge is 2.28. The van der Waals surface area contributed by atoms with E-state index in [-0.39, 0.29) is 11.7 Å². The van der Waals surface area contributed by atoms with Crippen molar-refractivity contribution in [3.8, 4) is 0 Å². The zero-order chi connectivity index (χ0) is 13.9. The Morgan fingerprint density at radius 1 is 1.00 bits per heavy atom. The van der Waals surface area contributed by atoms with Gasteiger partial charge in [0.05, 0.1) is 6.04 Å². The van der Waals surface area contributed by atoms with Gasteiger partial charge in [-0.15, -0.1) is 0 Å². The predicted molar refractivity (Wildman–Crippen MR) is 76.8 cm³/mol. The van der Waals surface area contributed by atoms with Gasteiger partial charge in [-0.1, -0.05) is 42.5 Å². The van der Waals surface area contributed by atoms with Gasteiger partial charge in [0.2, 0.25) is 0 Å². The quantitative estimate of drug-likeness (QED) is 0.907. The molecule has 3 nitrogen and oxygen atoms in total. The molecule has 0 saturated heterocycles. The van der Waals surface area contributed by atoms with Crippen LogP contribution < -0.4 is 5.32 Å². The normalized spacial score (nSPS) is 17.4. The van der Waals surface area contributed by atoms with Crippen LogP contribution in [0.4, 0.5) is 0 Å². The summed E-state index contributed by atoms with van der Waals surface area (Å²) in [6.45, 7) is 0. The van der Waals surface area contributed by atoms with Crippen LogP contribution in [-0.2, 0) is 6.42 Å². The smallest absolute Gasteiger partial charge is 0.251 e. The van der Waals surface area contributed by atoms with Crippen LogP contribution in [0.15, 0.2) is 54.6 Å². The molecule has 20 heavy (non-hydrogen) atoms. The van der Waals surface area contributed by atoms with E-state index in [1.54, 1.807) is 12.1 Å². The fraction of sp³-hybridized carbons (Fsp3) is 0.176. The summed E-state index contributed by atoms with van der Waals surface area (Å²) < 4.78 is 0. The van der Waals surface area contributed by atoms with Crippen molar-refractivity contribution < 1.29 is 9.59 Å². The molecule has 1 unspecified atom stereocenters. The predicted octanol–water partition coefficient (Wildman–Crippen LogP) is 2.61. The Kier molecular flexibility index (Phi) is 3.33. The van der Waals surface area contributed by atoms with E-state index >= 15 is 0 Å². The molecule has 1 aliphatic carbocycles. The van der Waals surface area contributed by atoms with Gasteiger partial charge < -0.3 is 5.32 Å². The number of ketones is 1. The van der Waals surface area contributed by atoms with Gasteiger partial charge >= 0.3 is 0 Å². The van der Waals surface area contributed by atoms with Crippen molar-refractivity contribution >= 4 is 11.7 Å². The lowest BCUT2D eigenvalue weighted by Crippen LogP contribution is -2.43. The molecule has 0 aliphatic heterocycles. The molecule has 3 rings (SSSR count). The zero-order valence-electron chi connectivity index (χ0n) is 11.0. The largest absolute Gasteiger partial charge is 0.342 e. The lowest BCUT2D eigenvalue weighted by Gasteiger charge is -2.24. The van der Waals surface area contributed by atoms with Gasteiger partial charge in [-0.2, -0.15) is 0 Å². The molecule has 1 aliphatic rings. The Labute approximate surface area is 117 Å². The summed E-state index contributed by atoms with van der Waals surface area (Å²) in [6, 6.07) is 16.2. The van der Waals surface area contributed by atoms with Crippen LogP contribution in [0.25, 0.3) is 0 Å². The number of amides is 1. The standard InChI is InChI=1S/C17H15NO2/c19-16-14-9-5-4-6-12(14)10-11-15(16)18-17(20)13-7-2-1-3-8-13/h1-9,15H,10-11H2,(H,18,20). The van der Waals surface area contributed by atoms with Gasteiger partial charge in [0.25, 0.3) is 5.91 Å². The third-order valence-corrected chi connectivity index (χ3v) is 3.64. The molecule has 1 N–H and O–H groups in total. The molecule has 0 spiro atoms. The molecular formula is C17H15NO2. The maximum Gasteiger partial charge on any atom is 0.251 e. The number of carbonyl (C=O) groups is 2. The second-order valence-electron chi connectivity index (χ2n) is 4.95. The van der Waals surface area contributed by atoms with E-state index in [1.807, 2.05) is 42.5 Å². The fourth-order valence-corrected chi connectivity index (χ4v) is 2.57. The minimum Gasteiger partial charge on any atom is -0.342 e. The number of aryl methyl sites for hydroxylation is 1. The van der Waals surface area contributed by atoms with Crippen molar-refractivity contribution in [2.75, 3.05) is 0 Å². The van der Waals surface area contributed by atoms with Crippen molar-refractivity contribution in [2.24, 2.45) is 0 Å². The summed E-state index contributed by atoms with van der Waals surface area (Å²) in [5.74, 6) is -0.181. The molecule has 2 aromatic rings. The third kappa shape index (κ3) is 2.35. The van der Waals surface area contributed by atoms with Crippen molar-refractivity contribution in [3.63, 3.8) is 0 Å². The van der Waals surface area contributed by atoms with Crippen LogP contribution in [0.2, 0.25) is 0 Å². The highest BCUT2D eigenvalue weighted by Crippen LogP contribution is 2.21. The van der Waals surface area contributed by atoms with Gasteiger partial charge in [0, 0.05) is 11.1 Å². The molecular weight excluding hydrogens is 250 g/mol. The van der Waals surface area contributed by atoms with Crippen molar-refractivity contribution in [1.82, 2.24) is 5.32 Å². The van der Waals surface area contributed by atoms with Crippen molar-refractivity contribution in [2.45, 2.75) is 18.9 Å². The van der Waals surface area contributed by atoms with Crippen LogP contribution in [0, 0.1) is 0 Å². The highest BCUT2D eigenvalue weighted by atomic mass is 16.2. The number of rotatable bonds is 2. The molecule has 0 fully saturated rings. The summed E-state index contributed by atoms with van der Waals surface area (Å²) in [5, 5.41) is 2.84. The molecule has 0 aromatic heterocycles. The summed E-state index contributed by atoms with van der Waals surface area (Å²) in [4.78, 5) is 24.5. The molecule has 3 heteroatoms. The summed E-state index contributed by atoms with van der Waals surface area (Å²) in [7, 11) is 0. The number of fused-ring (bicyclic) bond motifs is 1. The molecule has 0 saturated carbocycles. The number of hydrogen-bond donors (Lipinski definition) is 1. The van der Waals surface area contributed by atoms with Gasteiger partial charge in [-0.3, -0.25) is 9.59 Å². The molecule has 0 heterocycles. The highest BCUT2D eigenvalue weighted by molar-refractivity contribution is 6.05. The second kappa shape index (κ2) is 5.29. The van der Waals surface area contributed by atoms with Crippen molar-refractivity contribution in [1.29, 1.82) is 0 Å². The van der Waals surface area contributed by atoms with Gasteiger partial charge in [-0.25, -0.2) is 0 Å². The monoisotopic (exact) mass is 265 g/mol. The van der Waals surface area contributed by atoms with Crippen LogP contribution in [0.3, 0.4) is 0 Å². The SMILES string of the molecule is O=C(NC1CCc2ccccc2C1=O)c1ccccc1. The van der Waals surface area contributed by atoms with E-state index in [1.165, 1.54) is 0 Å². The topological polar surface area (TPSA) is 46.2 Å². The Balaban J connectivity index is 1.77. The summed E-state index contributed by atoms with van der Waals surface area (Å²) in [5.41, 5.74) is 2.39. The number of nitrogens with one attached hydrogen (secondary N) is 1.